The number of nitrogen functional groups attached to an aromatic ring is 1. The normalized spacial score (nSPS) is 11.5. The third-order valence-electron chi connectivity index (χ3n) is 1.88. The summed E-state index contributed by atoms with van der Waals surface area (Å²) in [6.45, 7) is 0. The first-order chi connectivity index (χ1) is 7.00. The molecule has 0 bridgehead atoms. The van der Waals surface area contributed by atoms with E-state index in [0.717, 1.165) is 0 Å². The van der Waals surface area contributed by atoms with E-state index in [9.17, 15) is 8.78 Å². The molecule has 0 fully saturated rings. The highest BCUT2D eigenvalue weighted by molar-refractivity contribution is 14.1. The molecule has 0 saturated heterocycles. The second kappa shape index (κ2) is 3.51. The minimum absolute atomic E-state index is 0.0350. The molecule has 2 aromatic rings. The summed E-state index contributed by atoms with van der Waals surface area (Å²) in [7, 11) is 1.62. The van der Waals surface area contributed by atoms with Gasteiger partial charge in [0.1, 0.15) is 9.52 Å². The fourth-order valence-corrected chi connectivity index (χ4v) is 2.08. The van der Waals surface area contributed by atoms with Crippen molar-refractivity contribution in [3.05, 3.63) is 9.53 Å². The molecule has 80 valence electrons. The van der Waals surface area contributed by atoms with Gasteiger partial charge in [0.05, 0.1) is 5.39 Å². The Morgan fingerprint density at radius 3 is 2.67 bits per heavy atom. The zero-order chi connectivity index (χ0) is 11.2. The van der Waals surface area contributed by atoms with E-state index in [2.05, 4.69) is 15.1 Å². The molecule has 2 heterocycles. The van der Waals surface area contributed by atoms with Crippen LogP contribution < -0.4 is 5.73 Å². The number of aromatic nitrogens is 4. The molecule has 0 amide bonds. The van der Waals surface area contributed by atoms with Gasteiger partial charge in [0, 0.05) is 7.05 Å². The predicted octanol–water partition coefficient (Wildman–Crippen LogP) is 1.49. The van der Waals surface area contributed by atoms with Crippen LogP contribution in [0.15, 0.2) is 0 Å². The maximum atomic E-state index is 12.4. The molecule has 0 aliphatic carbocycles. The highest BCUT2D eigenvalue weighted by Gasteiger charge is 2.18. The standard InChI is InChI=1S/C7H6F2IN5/c1-15-7-2(4(10)14-15)5(11)12-6(13-7)3(8)9/h3H,1H3,(H2,11,12,13). The van der Waals surface area contributed by atoms with Crippen LogP contribution in [0.25, 0.3) is 11.0 Å². The summed E-state index contributed by atoms with van der Waals surface area (Å²) in [5.74, 6) is -0.535. The second-order valence-electron chi connectivity index (χ2n) is 2.88. The van der Waals surface area contributed by atoms with Crippen molar-refractivity contribution < 1.29 is 8.78 Å². The van der Waals surface area contributed by atoms with E-state index in [-0.39, 0.29) is 5.82 Å². The number of anilines is 1. The first-order valence-electron chi connectivity index (χ1n) is 3.94. The number of hydrogen-bond donors (Lipinski definition) is 1. The van der Waals surface area contributed by atoms with E-state index in [1.165, 1.54) is 4.68 Å². The van der Waals surface area contributed by atoms with E-state index >= 15 is 0 Å². The second-order valence-corrected chi connectivity index (χ2v) is 3.90. The van der Waals surface area contributed by atoms with Crippen LogP contribution in [0.2, 0.25) is 0 Å². The monoisotopic (exact) mass is 325 g/mol. The van der Waals surface area contributed by atoms with Crippen LogP contribution in [0, 0.1) is 3.70 Å². The molecule has 2 aromatic heterocycles. The molecule has 0 radical (unpaired) electrons. The van der Waals surface area contributed by atoms with Crippen molar-refractivity contribution in [1.29, 1.82) is 0 Å². The Balaban J connectivity index is 2.81. The minimum Gasteiger partial charge on any atom is -0.383 e. The molecule has 0 spiro atoms. The molecule has 0 unspecified atom stereocenters. The Kier molecular flexibility index (Phi) is 2.44. The van der Waals surface area contributed by atoms with Gasteiger partial charge >= 0.3 is 0 Å². The molecule has 2 rings (SSSR count). The Morgan fingerprint density at radius 2 is 2.07 bits per heavy atom. The zero-order valence-electron chi connectivity index (χ0n) is 7.58. The third-order valence-corrected chi connectivity index (χ3v) is 2.64. The predicted molar refractivity (Wildman–Crippen MR) is 58.4 cm³/mol. The van der Waals surface area contributed by atoms with E-state index in [1.54, 1.807) is 7.05 Å². The fraction of sp³-hybridized carbons (Fsp3) is 0.286. The molecule has 0 aliphatic heterocycles. The van der Waals surface area contributed by atoms with Gasteiger partial charge in [-0.2, -0.15) is 5.10 Å². The quantitative estimate of drug-likeness (QED) is 0.807. The van der Waals surface area contributed by atoms with Gasteiger partial charge in [-0.05, 0) is 22.6 Å². The van der Waals surface area contributed by atoms with Crippen molar-refractivity contribution in [2.45, 2.75) is 6.43 Å². The van der Waals surface area contributed by atoms with Crippen molar-refractivity contribution in [3.8, 4) is 0 Å². The van der Waals surface area contributed by atoms with E-state index in [1.807, 2.05) is 22.6 Å². The van der Waals surface area contributed by atoms with Crippen LogP contribution in [0.3, 0.4) is 0 Å². The number of hydrogen-bond acceptors (Lipinski definition) is 4. The average molecular weight is 325 g/mol. The lowest BCUT2D eigenvalue weighted by molar-refractivity contribution is 0.141. The van der Waals surface area contributed by atoms with Gasteiger partial charge < -0.3 is 5.73 Å². The SMILES string of the molecule is Cn1nc(I)c2c(N)nc(C(F)F)nc21. The van der Waals surface area contributed by atoms with Gasteiger partial charge in [0.2, 0.25) is 0 Å². The fourth-order valence-electron chi connectivity index (χ4n) is 1.24. The molecular weight excluding hydrogens is 319 g/mol. The lowest BCUT2D eigenvalue weighted by atomic mass is 10.4. The molecule has 0 saturated carbocycles. The maximum Gasteiger partial charge on any atom is 0.297 e. The summed E-state index contributed by atoms with van der Waals surface area (Å²) in [6, 6.07) is 0. The average Bonchev–Trinajstić information content (AvgIpc) is 2.42. The minimum atomic E-state index is -2.73. The first-order valence-corrected chi connectivity index (χ1v) is 5.02. The van der Waals surface area contributed by atoms with Gasteiger partial charge in [-0.1, -0.05) is 0 Å². The number of aryl methyl sites for hydroxylation is 1. The van der Waals surface area contributed by atoms with Gasteiger partial charge in [0.25, 0.3) is 6.43 Å². The lowest BCUT2D eigenvalue weighted by Crippen LogP contribution is -2.02. The Labute approximate surface area is 96.8 Å². The highest BCUT2D eigenvalue weighted by atomic mass is 127. The summed E-state index contributed by atoms with van der Waals surface area (Å²) in [6.07, 6.45) is -2.73. The summed E-state index contributed by atoms with van der Waals surface area (Å²) in [4.78, 5) is 7.24. The summed E-state index contributed by atoms with van der Waals surface area (Å²) in [5, 5.41) is 4.54. The van der Waals surface area contributed by atoms with Gasteiger partial charge in [-0.3, -0.25) is 0 Å². The maximum absolute atomic E-state index is 12.4. The summed E-state index contributed by atoms with van der Waals surface area (Å²) >= 11 is 1.95. The van der Waals surface area contributed by atoms with Gasteiger partial charge in [0.15, 0.2) is 11.5 Å². The van der Waals surface area contributed by atoms with E-state index < -0.39 is 12.2 Å². The summed E-state index contributed by atoms with van der Waals surface area (Å²) in [5.41, 5.74) is 5.89. The van der Waals surface area contributed by atoms with Crippen LogP contribution in [-0.4, -0.2) is 19.7 Å². The molecule has 0 aromatic carbocycles. The zero-order valence-corrected chi connectivity index (χ0v) is 9.73. The molecule has 8 heteroatoms. The van der Waals surface area contributed by atoms with Crippen molar-refractivity contribution in [2.75, 3.05) is 5.73 Å². The number of nitrogens with zero attached hydrogens (tertiary/aromatic N) is 4. The number of alkyl halides is 2. The van der Waals surface area contributed by atoms with Crippen molar-refractivity contribution >= 4 is 39.4 Å². The van der Waals surface area contributed by atoms with E-state index in [4.69, 9.17) is 5.73 Å². The van der Waals surface area contributed by atoms with Crippen LogP contribution in [0.1, 0.15) is 12.2 Å². The Morgan fingerprint density at radius 1 is 1.40 bits per heavy atom. The molecular formula is C7H6F2IN5. The Hall–Kier alpha value is -1.06. The number of halogens is 3. The van der Waals surface area contributed by atoms with E-state index in [0.29, 0.717) is 14.7 Å². The number of fused-ring (bicyclic) bond motifs is 1. The lowest BCUT2D eigenvalue weighted by Gasteiger charge is -2.01. The number of nitrogens with two attached hydrogens (primary N) is 1. The molecule has 0 atom stereocenters. The Bertz CT molecular complexity index is 524. The van der Waals surface area contributed by atoms with Crippen LogP contribution in [0.5, 0.6) is 0 Å². The van der Waals surface area contributed by atoms with Gasteiger partial charge in [-0.25, -0.2) is 23.4 Å². The molecule has 5 nitrogen and oxygen atoms in total. The van der Waals surface area contributed by atoms with Crippen molar-refractivity contribution in [3.63, 3.8) is 0 Å². The topological polar surface area (TPSA) is 69.6 Å². The van der Waals surface area contributed by atoms with Crippen LogP contribution in [0.4, 0.5) is 14.6 Å². The van der Waals surface area contributed by atoms with Crippen molar-refractivity contribution in [1.82, 2.24) is 19.7 Å². The third kappa shape index (κ3) is 1.62. The molecule has 0 aliphatic rings. The smallest absolute Gasteiger partial charge is 0.297 e. The van der Waals surface area contributed by atoms with Crippen LogP contribution in [-0.2, 0) is 7.05 Å². The highest BCUT2D eigenvalue weighted by Crippen LogP contribution is 2.25. The van der Waals surface area contributed by atoms with Crippen LogP contribution >= 0.6 is 22.6 Å². The van der Waals surface area contributed by atoms with Gasteiger partial charge in [-0.15, -0.1) is 0 Å². The molecule has 2 N–H and O–H groups in total. The van der Waals surface area contributed by atoms with Crippen molar-refractivity contribution in [2.24, 2.45) is 7.05 Å². The largest absolute Gasteiger partial charge is 0.383 e. The first kappa shape index (κ1) is 10.5. The molecule has 15 heavy (non-hydrogen) atoms. The summed E-state index contributed by atoms with van der Waals surface area (Å²) < 4.78 is 26.8. The number of rotatable bonds is 1.